The molecule has 0 spiro atoms. The zero-order valence-electron chi connectivity index (χ0n) is 7.95. The molecule has 1 rings (SSSR count). The van der Waals surface area contributed by atoms with Crippen LogP contribution >= 0.6 is 12.4 Å². The van der Waals surface area contributed by atoms with Crippen LogP contribution in [0.1, 0.15) is 26.2 Å². The van der Waals surface area contributed by atoms with E-state index in [2.05, 4.69) is 5.32 Å². The molecule has 1 fully saturated rings. The molecule has 0 amide bonds. The van der Waals surface area contributed by atoms with E-state index < -0.39 is 5.97 Å². The number of nitrogens with one attached hydrogen (secondary N) is 1. The predicted octanol–water partition coefficient (Wildman–Crippen LogP) is 1.52. The molecule has 4 heteroatoms. The molecular weight excluding hydrogens is 190 g/mol. The molecule has 0 aliphatic carbocycles. The van der Waals surface area contributed by atoms with Crippen LogP contribution < -0.4 is 5.32 Å². The van der Waals surface area contributed by atoms with Gasteiger partial charge in [-0.15, -0.1) is 12.4 Å². The number of carboxylic acids is 1. The zero-order valence-corrected chi connectivity index (χ0v) is 8.77. The molecule has 78 valence electrons. The summed E-state index contributed by atoms with van der Waals surface area (Å²) in [4.78, 5) is 10.5. The second-order valence-corrected chi connectivity index (χ2v) is 3.68. The van der Waals surface area contributed by atoms with E-state index in [1.54, 1.807) is 6.92 Å². The highest BCUT2D eigenvalue weighted by molar-refractivity contribution is 5.85. The number of carbonyl (C=O) groups is 1. The topological polar surface area (TPSA) is 49.3 Å². The van der Waals surface area contributed by atoms with E-state index in [0.29, 0.717) is 5.92 Å². The third-order valence-electron chi connectivity index (χ3n) is 2.59. The van der Waals surface area contributed by atoms with Gasteiger partial charge in [0.2, 0.25) is 0 Å². The van der Waals surface area contributed by atoms with Crippen molar-refractivity contribution in [1.82, 2.24) is 5.32 Å². The van der Waals surface area contributed by atoms with Crippen molar-refractivity contribution in [1.29, 1.82) is 0 Å². The van der Waals surface area contributed by atoms with Gasteiger partial charge in [0.15, 0.2) is 0 Å². The van der Waals surface area contributed by atoms with Crippen molar-refractivity contribution in [2.45, 2.75) is 26.2 Å². The minimum absolute atomic E-state index is 0. The summed E-state index contributed by atoms with van der Waals surface area (Å²) in [5, 5.41) is 11.9. The smallest absolute Gasteiger partial charge is 0.306 e. The maximum absolute atomic E-state index is 10.5. The quantitative estimate of drug-likeness (QED) is 0.735. The van der Waals surface area contributed by atoms with Gasteiger partial charge >= 0.3 is 5.97 Å². The third-order valence-corrected chi connectivity index (χ3v) is 2.59. The standard InChI is InChI=1S/C9H17NO2.ClH/c1-7(9(11)12)2-3-8-4-5-10-6-8;/h7-8,10H,2-6H2,1H3,(H,11,12);1H. The van der Waals surface area contributed by atoms with Crippen LogP contribution in [0.25, 0.3) is 0 Å². The third kappa shape index (κ3) is 4.48. The van der Waals surface area contributed by atoms with Gasteiger partial charge in [0.1, 0.15) is 0 Å². The molecule has 1 aliphatic rings. The molecule has 1 aliphatic heterocycles. The molecule has 0 aromatic heterocycles. The van der Waals surface area contributed by atoms with Crippen LogP contribution in [0.4, 0.5) is 0 Å². The fourth-order valence-corrected chi connectivity index (χ4v) is 1.57. The highest BCUT2D eigenvalue weighted by Gasteiger charge is 2.17. The Hall–Kier alpha value is -0.280. The second kappa shape index (κ2) is 6.22. The van der Waals surface area contributed by atoms with Crippen LogP contribution in [-0.2, 0) is 4.79 Å². The SMILES string of the molecule is CC(CCC1CCNC1)C(=O)O.Cl. The first-order chi connectivity index (χ1) is 5.70. The average molecular weight is 208 g/mol. The Bertz CT molecular complexity index is 158. The van der Waals surface area contributed by atoms with Crippen LogP contribution in [0.15, 0.2) is 0 Å². The monoisotopic (exact) mass is 207 g/mol. The van der Waals surface area contributed by atoms with Crippen molar-refractivity contribution in [3.05, 3.63) is 0 Å². The highest BCUT2D eigenvalue weighted by Crippen LogP contribution is 2.17. The van der Waals surface area contributed by atoms with Gasteiger partial charge in [-0.05, 0) is 38.3 Å². The van der Waals surface area contributed by atoms with Crippen LogP contribution in [0.2, 0.25) is 0 Å². The maximum Gasteiger partial charge on any atom is 0.306 e. The Morgan fingerprint density at radius 3 is 2.85 bits per heavy atom. The molecule has 1 heterocycles. The maximum atomic E-state index is 10.5. The van der Waals surface area contributed by atoms with Crippen molar-refractivity contribution in [3.8, 4) is 0 Å². The van der Waals surface area contributed by atoms with E-state index in [-0.39, 0.29) is 18.3 Å². The number of aliphatic carboxylic acids is 1. The largest absolute Gasteiger partial charge is 0.481 e. The molecule has 2 unspecified atom stereocenters. The summed E-state index contributed by atoms with van der Waals surface area (Å²) in [6, 6.07) is 0. The van der Waals surface area contributed by atoms with E-state index in [4.69, 9.17) is 5.11 Å². The fraction of sp³-hybridized carbons (Fsp3) is 0.889. The summed E-state index contributed by atoms with van der Waals surface area (Å²) >= 11 is 0. The van der Waals surface area contributed by atoms with Crippen LogP contribution in [0.5, 0.6) is 0 Å². The Morgan fingerprint density at radius 1 is 1.69 bits per heavy atom. The van der Waals surface area contributed by atoms with E-state index in [1.165, 1.54) is 6.42 Å². The van der Waals surface area contributed by atoms with Crippen molar-refractivity contribution in [2.75, 3.05) is 13.1 Å². The molecule has 0 saturated carbocycles. The lowest BCUT2D eigenvalue weighted by Crippen LogP contribution is -2.13. The van der Waals surface area contributed by atoms with E-state index in [9.17, 15) is 4.79 Å². The van der Waals surface area contributed by atoms with Crippen LogP contribution in [-0.4, -0.2) is 24.2 Å². The highest BCUT2D eigenvalue weighted by atomic mass is 35.5. The van der Waals surface area contributed by atoms with Crippen molar-refractivity contribution < 1.29 is 9.90 Å². The van der Waals surface area contributed by atoms with E-state index in [1.807, 2.05) is 0 Å². The molecule has 0 radical (unpaired) electrons. The molecule has 13 heavy (non-hydrogen) atoms. The summed E-state index contributed by atoms with van der Waals surface area (Å²) in [7, 11) is 0. The summed E-state index contributed by atoms with van der Waals surface area (Å²) in [5.41, 5.74) is 0. The lowest BCUT2D eigenvalue weighted by Gasteiger charge is -2.09. The number of hydrogen-bond donors (Lipinski definition) is 2. The van der Waals surface area contributed by atoms with Crippen molar-refractivity contribution >= 4 is 18.4 Å². The Morgan fingerprint density at radius 2 is 2.38 bits per heavy atom. The van der Waals surface area contributed by atoms with Gasteiger partial charge in [0.05, 0.1) is 5.92 Å². The fourth-order valence-electron chi connectivity index (χ4n) is 1.57. The van der Waals surface area contributed by atoms with Gasteiger partial charge in [-0.25, -0.2) is 0 Å². The zero-order chi connectivity index (χ0) is 8.97. The van der Waals surface area contributed by atoms with Crippen LogP contribution in [0.3, 0.4) is 0 Å². The summed E-state index contributed by atoms with van der Waals surface area (Å²) < 4.78 is 0. The Balaban J connectivity index is 0.00000144. The number of hydrogen-bond acceptors (Lipinski definition) is 2. The van der Waals surface area contributed by atoms with Gasteiger partial charge in [0.25, 0.3) is 0 Å². The molecule has 0 aromatic rings. The number of halogens is 1. The Labute approximate surface area is 85.3 Å². The summed E-state index contributed by atoms with van der Waals surface area (Å²) in [6.07, 6.45) is 3.09. The normalized spacial score (nSPS) is 23.6. The van der Waals surface area contributed by atoms with Gasteiger partial charge in [-0.2, -0.15) is 0 Å². The first-order valence-electron chi connectivity index (χ1n) is 4.63. The van der Waals surface area contributed by atoms with Gasteiger partial charge in [-0.1, -0.05) is 6.92 Å². The first-order valence-corrected chi connectivity index (χ1v) is 4.63. The summed E-state index contributed by atoms with van der Waals surface area (Å²) in [5.74, 6) is -0.127. The average Bonchev–Trinajstić information content (AvgIpc) is 2.51. The lowest BCUT2D eigenvalue weighted by atomic mass is 9.96. The predicted molar refractivity (Wildman–Crippen MR) is 54.3 cm³/mol. The molecule has 0 bridgehead atoms. The minimum Gasteiger partial charge on any atom is -0.481 e. The van der Waals surface area contributed by atoms with E-state index in [0.717, 1.165) is 25.9 Å². The summed E-state index contributed by atoms with van der Waals surface area (Å²) in [6.45, 7) is 3.96. The number of rotatable bonds is 4. The van der Waals surface area contributed by atoms with Gasteiger partial charge < -0.3 is 10.4 Å². The molecule has 3 nitrogen and oxygen atoms in total. The van der Waals surface area contributed by atoms with Crippen molar-refractivity contribution in [2.24, 2.45) is 11.8 Å². The second-order valence-electron chi connectivity index (χ2n) is 3.68. The minimum atomic E-state index is -0.666. The Kier molecular flexibility index (Phi) is 6.08. The van der Waals surface area contributed by atoms with Crippen molar-refractivity contribution in [3.63, 3.8) is 0 Å². The number of carboxylic acid groups (broad SMARTS) is 1. The molecular formula is C9H18ClNO2. The molecule has 1 saturated heterocycles. The molecule has 0 aromatic carbocycles. The first kappa shape index (κ1) is 12.7. The van der Waals surface area contributed by atoms with Gasteiger partial charge in [0, 0.05) is 0 Å². The molecule has 2 N–H and O–H groups in total. The van der Waals surface area contributed by atoms with Crippen LogP contribution in [0, 0.1) is 11.8 Å². The lowest BCUT2D eigenvalue weighted by molar-refractivity contribution is -0.141. The van der Waals surface area contributed by atoms with E-state index >= 15 is 0 Å². The van der Waals surface area contributed by atoms with Gasteiger partial charge in [-0.3, -0.25) is 4.79 Å². The molecule has 2 atom stereocenters.